The summed E-state index contributed by atoms with van der Waals surface area (Å²) in [4.78, 5) is 25.5. The van der Waals surface area contributed by atoms with Crippen molar-refractivity contribution < 1.29 is 32.9 Å². The van der Waals surface area contributed by atoms with Crippen molar-refractivity contribution in [1.82, 2.24) is 5.32 Å². The summed E-state index contributed by atoms with van der Waals surface area (Å²) in [7, 11) is 1.27. The quantitative estimate of drug-likeness (QED) is 0.0272. The van der Waals surface area contributed by atoms with Crippen molar-refractivity contribution in [2.24, 2.45) is 0 Å². The summed E-state index contributed by atoms with van der Waals surface area (Å²) in [5.74, 6) is -0.193. The number of hydrogen-bond donors (Lipinski definition) is 2. The maximum absolute atomic E-state index is 12.9. The van der Waals surface area contributed by atoms with Gasteiger partial charge in [-0.15, -0.1) is 0 Å². The Labute approximate surface area is 407 Å². The Morgan fingerprint density at radius 2 is 0.924 bits per heavy atom. The minimum atomic E-state index is -4.58. The molecule has 2 N–H and O–H groups in total. The molecule has 0 bridgehead atoms. The zero-order valence-corrected chi connectivity index (χ0v) is 44.0. The molecule has 0 aliphatic rings. The number of likely N-dealkylation sites (N-methyl/N-ethyl adjacent to an activating group) is 1. The van der Waals surface area contributed by atoms with Crippen molar-refractivity contribution in [1.29, 1.82) is 0 Å². The number of nitrogens with one attached hydrogen (secondary N) is 1. The van der Waals surface area contributed by atoms with Gasteiger partial charge in [0.05, 0.1) is 39.9 Å². The van der Waals surface area contributed by atoms with E-state index < -0.39 is 20.0 Å². The smallest absolute Gasteiger partial charge is 0.268 e. The third kappa shape index (κ3) is 49.3. The topological polar surface area (TPSA) is 108 Å². The zero-order chi connectivity index (χ0) is 48.5. The number of carbonyl (C=O) groups is 1. The third-order valence-corrected chi connectivity index (χ3v) is 12.3. The lowest BCUT2D eigenvalue weighted by atomic mass is 10.0. The molecule has 0 rings (SSSR count). The largest absolute Gasteiger partial charge is 0.756 e. The van der Waals surface area contributed by atoms with Crippen LogP contribution in [0.3, 0.4) is 0 Å². The van der Waals surface area contributed by atoms with E-state index in [9.17, 15) is 19.4 Å². The van der Waals surface area contributed by atoms with Gasteiger partial charge in [0.1, 0.15) is 13.2 Å². The average Bonchev–Trinajstić information content (AvgIpc) is 3.28. The van der Waals surface area contributed by atoms with Crippen LogP contribution in [0.1, 0.15) is 206 Å². The SMILES string of the molecule is CC/C=C\C/C=C\C/C=C\C/C=C\C/C=C\C/C=C\C/C=C\C/C=C\CCCCCCC(=O)NC(COP(=O)([O-])OCC[N+](C)(C)C)C(O)CCCCCCCCCCCCCCCCC. The molecule has 380 valence electrons. The number of phosphoric acid groups is 1. The summed E-state index contributed by atoms with van der Waals surface area (Å²) in [6, 6.07) is -0.821. The van der Waals surface area contributed by atoms with E-state index in [0.717, 1.165) is 103 Å². The molecule has 0 fully saturated rings. The number of amides is 1. The highest BCUT2D eigenvalue weighted by Gasteiger charge is 2.24. The van der Waals surface area contributed by atoms with Gasteiger partial charge in [0.2, 0.25) is 5.91 Å². The Morgan fingerprint density at radius 1 is 0.545 bits per heavy atom. The second kappa shape index (κ2) is 47.5. The van der Waals surface area contributed by atoms with Gasteiger partial charge < -0.3 is 28.8 Å². The molecule has 3 unspecified atom stereocenters. The molecule has 0 spiro atoms. The highest BCUT2D eigenvalue weighted by molar-refractivity contribution is 7.45. The van der Waals surface area contributed by atoms with Gasteiger partial charge in [-0.2, -0.15) is 0 Å². The molecule has 0 heterocycles. The van der Waals surface area contributed by atoms with Gasteiger partial charge in [-0.05, 0) is 77.0 Å². The normalized spacial score (nSPS) is 14.8. The zero-order valence-electron chi connectivity index (χ0n) is 43.1. The van der Waals surface area contributed by atoms with E-state index >= 15 is 0 Å². The Kier molecular flexibility index (Phi) is 45.6. The van der Waals surface area contributed by atoms with Crippen LogP contribution in [0, 0.1) is 0 Å². The predicted octanol–water partition coefficient (Wildman–Crippen LogP) is 15.2. The van der Waals surface area contributed by atoms with Crippen LogP contribution >= 0.6 is 7.82 Å². The van der Waals surface area contributed by atoms with Gasteiger partial charge in [-0.1, -0.05) is 220 Å². The molecule has 0 aromatic rings. The number of phosphoric ester groups is 1. The lowest BCUT2D eigenvalue weighted by Crippen LogP contribution is -2.46. The van der Waals surface area contributed by atoms with Gasteiger partial charge in [0.25, 0.3) is 7.82 Å². The molecule has 9 heteroatoms. The van der Waals surface area contributed by atoms with Crippen LogP contribution in [0.2, 0.25) is 0 Å². The van der Waals surface area contributed by atoms with Crippen LogP contribution in [0.5, 0.6) is 0 Å². The number of rotatable bonds is 47. The first-order valence-electron chi connectivity index (χ1n) is 26.6. The van der Waals surface area contributed by atoms with Crippen LogP contribution in [-0.4, -0.2) is 68.5 Å². The minimum Gasteiger partial charge on any atom is -0.756 e. The maximum Gasteiger partial charge on any atom is 0.268 e. The summed E-state index contributed by atoms with van der Waals surface area (Å²) in [6.45, 7) is 4.58. The van der Waals surface area contributed by atoms with Crippen molar-refractivity contribution in [2.45, 2.75) is 219 Å². The molecule has 3 atom stereocenters. The Bertz CT molecular complexity index is 1390. The van der Waals surface area contributed by atoms with Crippen LogP contribution in [0.4, 0.5) is 0 Å². The Morgan fingerprint density at radius 3 is 1.35 bits per heavy atom. The van der Waals surface area contributed by atoms with Crippen molar-refractivity contribution in [3.63, 3.8) is 0 Å². The van der Waals surface area contributed by atoms with E-state index in [4.69, 9.17) is 9.05 Å². The lowest BCUT2D eigenvalue weighted by Gasteiger charge is -2.30. The first-order valence-corrected chi connectivity index (χ1v) is 28.0. The molecule has 0 saturated carbocycles. The second-order valence-electron chi connectivity index (χ2n) is 18.9. The fraction of sp³-hybridized carbons (Fsp3) is 0.702. The molecular formula is C57H101N2O6P. The van der Waals surface area contributed by atoms with E-state index in [-0.39, 0.29) is 19.1 Å². The van der Waals surface area contributed by atoms with E-state index in [1.165, 1.54) is 77.0 Å². The summed E-state index contributed by atoms with van der Waals surface area (Å²) < 4.78 is 23.3. The number of aliphatic hydroxyl groups is 1. The number of aliphatic hydroxyl groups excluding tert-OH is 1. The van der Waals surface area contributed by atoms with E-state index in [1.807, 2.05) is 21.1 Å². The van der Waals surface area contributed by atoms with Crippen LogP contribution in [-0.2, 0) is 18.4 Å². The van der Waals surface area contributed by atoms with E-state index in [2.05, 4.69) is 116 Å². The highest BCUT2D eigenvalue weighted by Crippen LogP contribution is 2.38. The van der Waals surface area contributed by atoms with Gasteiger partial charge >= 0.3 is 0 Å². The molecule has 0 aliphatic heterocycles. The average molecular weight is 941 g/mol. The predicted molar refractivity (Wildman–Crippen MR) is 283 cm³/mol. The van der Waals surface area contributed by atoms with Crippen molar-refractivity contribution in [3.8, 4) is 0 Å². The number of hydrogen-bond acceptors (Lipinski definition) is 6. The number of quaternary nitrogens is 1. The molecule has 0 radical (unpaired) electrons. The van der Waals surface area contributed by atoms with E-state index in [1.54, 1.807) is 0 Å². The van der Waals surface area contributed by atoms with Crippen LogP contribution in [0.15, 0.2) is 97.2 Å². The van der Waals surface area contributed by atoms with Crippen molar-refractivity contribution >= 4 is 13.7 Å². The van der Waals surface area contributed by atoms with Gasteiger partial charge in [-0.25, -0.2) is 0 Å². The number of unbranched alkanes of at least 4 members (excludes halogenated alkanes) is 18. The second-order valence-corrected chi connectivity index (χ2v) is 20.3. The van der Waals surface area contributed by atoms with Crippen molar-refractivity contribution in [2.75, 3.05) is 40.9 Å². The monoisotopic (exact) mass is 941 g/mol. The van der Waals surface area contributed by atoms with Crippen LogP contribution < -0.4 is 10.2 Å². The summed E-state index contributed by atoms with van der Waals surface area (Å²) in [6.07, 6.45) is 67.1. The molecule has 0 aliphatic carbocycles. The summed E-state index contributed by atoms with van der Waals surface area (Å²) in [5, 5.41) is 14.0. The lowest BCUT2D eigenvalue weighted by molar-refractivity contribution is -0.870. The first-order chi connectivity index (χ1) is 32.0. The molecular weight excluding hydrogens is 840 g/mol. The number of carbonyl (C=O) groups excluding carboxylic acids is 1. The number of allylic oxidation sites excluding steroid dienone is 16. The fourth-order valence-corrected chi connectivity index (χ4v) is 7.90. The molecule has 0 aromatic carbocycles. The van der Waals surface area contributed by atoms with Crippen LogP contribution in [0.25, 0.3) is 0 Å². The summed E-state index contributed by atoms with van der Waals surface area (Å²) in [5.41, 5.74) is 0. The molecule has 66 heavy (non-hydrogen) atoms. The minimum absolute atomic E-state index is 0.00154. The van der Waals surface area contributed by atoms with Crippen molar-refractivity contribution in [3.05, 3.63) is 97.2 Å². The molecule has 0 aromatic heterocycles. The Hall–Kier alpha value is -2.58. The van der Waals surface area contributed by atoms with E-state index in [0.29, 0.717) is 23.9 Å². The first kappa shape index (κ1) is 63.4. The highest BCUT2D eigenvalue weighted by atomic mass is 31.2. The van der Waals surface area contributed by atoms with Gasteiger partial charge in [-0.3, -0.25) is 9.36 Å². The number of nitrogens with zero attached hydrogens (tertiary/aromatic N) is 1. The summed E-state index contributed by atoms with van der Waals surface area (Å²) >= 11 is 0. The molecule has 8 nitrogen and oxygen atoms in total. The molecule has 1 amide bonds. The molecule has 0 saturated heterocycles. The Balaban J connectivity index is 4.30. The third-order valence-electron chi connectivity index (χ3n) is 11.3. The van der Waals surface area contributed by atoms with Gasteiger partial charge in [0.15, 0.2) is 0 Å². The maximum atomic E-state index is 12.9. The standard InChI is InChI=1S/C57H101N2O6P/c1-6-8-10-12-14-16-18-20-22-23-24-25-26-27-28-29-30-31-32-33-34-35-37-39-41-43-45-47-49-51-57(61)58-55(54-65-66(62,63)64-53-52-59(3,4)5)56(60)50-48-46-44-42-40-38-36-21-19-17-15-13-11-9-7-2/h8,10,14,16,20,22,24-25,27-28,30-31,33-34,37,39,55-56,60H,6-7,9,11-13,15,17-19,21,23,26,29,32,35-36,38,40-54H2,1-5H3,(H-,58,61,62,63)/b10-8-,16-14-,22-20-,25-24-,28-27-,31-30-,34-33-,39-37-. The van der Waals surface area contributed by atoms with Gasteiger partial charge in [0, 0.05) is 6.42 Å². The fourth-order valence-electron chi connectivity index (χ4n) is 7.17.